The molecule has 1 aromatic heterocycles. The second kappa shape index (κ2) is 8.10. The molecule has 2 aromatic carbocycles. The summed E-state index contributed by atoms with van der Waals surface area (Å²) in [5.74, 6) is 0.551. The fraction of sp³-hybridized carbons (Fsp3) is 0.304. The minimum atomic E-state index is -0.225. The van der Waals surface area contributed by atoms with Gasteiger partial charge < -0.3 is 9.64 Å². The maximum Gasteiger partial charge on any atom is 0.253 e. The third kappa shape index (κ3) is 3.96. The molecular weight excluding hydrogens is 380 g/mol. The van der Waals surface area contributed by atoms with Gasteiger partial charge in [0.2, 0.25) is 0 Å². The molecule has 4 rings (SSSR count). The third-order valence-corrected chi connectivity index (χ3v) is 5.40. The Balaban J connectivity index is 1.59. The van der Waals surface area contributed by atoms with Crippen molar-refractivity contribution in [2.45, 2.75) is 19.8 Å². The summed E-state index contributed by atoms with van der Waals surface area (Å²) in [6.45, 7) is 2.39. The van der Waals surface area contributed by atoms with Gasteiger partial charge >= 0.3 is 0 Å². The zero-order chi connectivity index (χ0) is 21.3. The largest absolute Gasteiger partial charge is 0.493 e. The lowest BCUT2D eigenvalue weighted by Gasteiger charge is -2.25. The molecule has 1 unspecified atom stereocenters. The fourth-order valence-electron chi connectivity index (χ4n) is 3.73. The van der Waals surface area contributed by atoms with E-state index in [-0.39, 0.29) is 24.0 Å². The monoisotopic (exact) mass is 404 g/mol. The van der Waals surface area contributed by atoms with E-state index in [0.29, 0.717) is 29.8 Å². The van der Waals surface area contributed by atoms with E-state index in [0.717, 1.165) is 22.4 Å². The van der Waals surface area contributed by atoms with Crippen LogP contribution in [0.1, 0.15) is 27.0 Å². The Morgan fingerprint density at radius 2 is 2.03 bits per heavy atom. The summed E-state index contributed by atoms with van der Waals surface area (Å²) in [4.78, 5) is 27.4. The van der Waals surface area contributed by atoms with Crippen molar-refractivity contribution in [2.24, 2.45) is 5.92 Å². The molecule has 0 bridgehead atoms. The van der Waals surface area contributed by atoms with Crippen molar-refractivity contribution in [2.75, 3.05) is 20.7 Å². The van der Waals surface area contributed by atoms with Crippen molar-refractivity contribution >= 4 is 11.7 Å². The summed E-state index contributed by atoms with van der Waals surface area (Å²) >= 11 is 0. The quantitative estimate of drug-likeness (QED) is 0.706. The van der Waals surface area contributed by atoms with Gasteiger partial charge in [0.15, 0.2) is 0 Å². The van der Waals surface area contributed by atoms with E-state index < -0.39 is 0 Å². The van der Waals surface area contributed by atoms with Gasteiger partial charge in [0.1, 0.15) is 17.2 Å². The number of carbonyl (C=O) groups is 2. The van der Waals surface area contributed by atoms with Gasteiger partial charge in [0.05, 0.1) is 18.7 Å². The highest BCUT2D eigenvalue weighted by molar-refractivity contribution is 5.98. The van der Waals surface area contributed by atoms with Gasteiger partial charge in [-0.3, -0.25) is 9.59 Å². The lowest BCUT2D eigenvalue weighted by molar-refractivity contribution is -0.123. The summed E-state index contributed by atoms with van der Waals surface area (Å²) in [5.41, 5.74) is 4.84. The van der Waals surface area contributed by atoms with Crippen LogP contribution >= 0.6 is 0 Å². The number of hydrogen-bond donors (Lipinski definition) is 1. The van der Waals surface area contributed by atoms with Gasteiger partial charge in [-0.05, 0) is 36.6 Å². The number of fused-ring (bicyclic) bond motifs is 1. The maximum absolute atomic E-state index is 13.1. The predicted octanol–water partition coefficient (Wildman–Crippen LogP) is 2.84. The van der Waals surface area contributed by atoms with Crippen LogP contribution < -0.4 is 4.74 Å². The van der Waals surface area contributed by atoms with E-state index in [1.54, 1.807) is 26.4 Å². The average molecular weight is 404 g/mol. The number of ketones is 1. The van der Waals surface area contributed by atoms with Crippen LogP contribution in [-0.2, 0) is 17.6 Å². The molecule has 0 fully saturated rings. The highest BCUT2D eigenvalue weighted by atomic mass is 16.5. The number of aryl methyl sites for hydroxylation is 1. The highest BCUT2D eigenvalue weighted by Crippen LogP contribution is 2.30. The molecule has 154 valence electrons. The molecule has 7 nitrogen and oxygen atoms in total. The first-order valence-electron chi connectivity index (χ1n) is 9.88. The zero-order valence-electron chi connectivity index (χ0n) is 17.3. The first-order chi connectivity index (χ1) is 14.4. The summed E-state index contributed by atoms with van der Waals surface area (Å²) in [5, 5.41) is 10.5. The Morgan fingerprint density at radius 1 is 1.20 bits per heavy atom. The molecule has 7 heteroatoms. The predicted molar refractivity (Wildman–Crippen MR) is 112 cm³/mol. The Bertz CT molecular complexity index is 1090. The summed E-state index contributed by atoms with van der Waals surface area (Å²) in [6, 6.07) is 11.5. The molecule has 1 amide bonds. The fourth-order valence-corrected chi connectivity index (χ4v) is 3.73. The normalized spacial score (nSPS) is 15.2. The van der Waals surface area contributed by atoms with Crippen molar-refractivity contribution in [1.82, 2.24) is 20.3 Å². The van der Waals surface area contributed by atoms with Crippen LogP contribution in [0.5, 0.6) is 5.75 Å². The molecular formula is C23H24N4O3. The summed E-state index contributed by atoms with van der Waals surface area (Å²) < 4.78 is 5.82. The van der Waals surface area contributed by atoms with Crippen molar-refractivity contribution in [3.8, 4) is 17.0 Å². The van der Waals surface area contributed by atoms with Gasteiger partial charge in [-0.15, -0.1) is 0 Å². The maximum atomic E-state index is 13.1. The number of carbonyl (C=O) groups excluding carboxylic acids is 2. The summed E-state index contributed by atoms with van der Waals surface area (Å²) in [6.07, 6.45) is 2.44. The van der Waals surface area contributed by atoms with Crippen molar-refractivity contribution in [3.63, 3.8) is 0 Å². The molecule has 2 heterocycles. The molecule has 0 aliphatic carbocycles. The van der Waals surface area contributed by atoms with Gasteiger partial charge in [0, 0.05) is 31.6 Å². The SMILES string of the molecule is Cc1ccc2c(c1)CC(C(=O)Cc1ccc(-c3cn[nH]n3)cc1C(=O)N(C)C)CO2. The number of amides is 1. The molecule has 1 N–H and O–H groups in total. The van der Waals surface area contributed by atoms with E-state index in [1.807, 2.05) is 31.2 Å². The van der Waals surface area contributed by atoms with Crippen LogP contribution in [0.2, 0.25) is 0 Å². The molecule has 0 radical (unpaired) electrons. The van der Waals surface area contributed by atoms with Crippen LogP contribution in [0.3, 0.4) is 0 Å². The second-order valence-electron chi connectivity index (χ2n) is 7.89. The van der Waals surface area contributed by atoms with Gasteiger partial charge in [-0.25, -0.2) is 0 Å². The van der Waals surface area contributed by atoms with Crippen molar-refractivity contribution in [1.29, 1.82) is 0 Å². The summed E-state index contributed by atoms with van der Waals surface area (Å²) in [7, 11) is 3.40. The van der Waals surface area contributed by atoms with Gasteiger partial charge in [-0.2, -0.15) is 15.4 Å². The van der Waals surface area contributed by atoms with E-state index in [2.05, 4.69) is 21.5 Å². The molecule has 1 atom stereocenters. The first-order valence-corrected chi connectivity index (χ1v) is 9.88. The van der Waals surface area contributed by atoms with Gasteiger partial charge in [0.25, 0.3) is 5.91 Å². The van der Waals surface area contributed by atoms with E-state index in [4.69, 9.17) is 4.74 Å². The molecule has 0 saturated carbocycles. The second-order valence-corrected chi connectivity index (χ2v) is 7.89. The topological polar surface area (TPSA) is 88.2 Å². The number of aromatic amines is 1. The number of H-pyrrole nitrogens is 1. The van der Waals surface area contributed by atoms with Crippen LogP contribution in [0.25, 0.3) is 11.3 Å². The van der Waals surface area contributed by atoms with Crippen LogP contribution in [0, 0.1) is 12.8 Å². The van der Waals surface area contributed by atoms with Gasteiger partial charge in [-0.1, -0.05) is 29.8 Å². The molecule has 1 aliphatic heterocycles. The van der Waals surface area contributed by atoms with E-state index in [1.165, 1.54) is 4.90 Å². The lowest BCUT2D eigenvalue weighted by Crippen LogP contribution is -2.30. The zero-order valence-corrected chi connectivity index (χ0v) is 17.3. The number of hydrogen-bond acceptors (Lipinski definition) is 5. The van der Waals surface area contributed by atoms with E-state index in [9.17, 15) is 9.59 Å². The van der Waals surface area contributed by atoms with Crippen LogP contribution in [0.4, 0.5) is 0 Å². The Kier molecular flexibility index (Phi) is 5.35. The average Bonchev–Trinajstić information content (AvgIpc) is 3.27. The lowest BCUT2D eigenvalue weighted by atomic mass is 9.88. The van der Waals surface area contributed by atoms with Crippen molar-refractivity contribution in [3.05, 3.63) is 64.8 Å². The Labute approximate surface area is 175 Å². The van der Waals surface area contributed by atoms with E-state index >= 15 is 0 Å². The molecule has 0 saturated heterocycles. The number of nitrogens with one attached hydrogen (secondary N) is 1. The number of nitrogens with zero attached hydrogens (tertiary/aromatic N) is 3. The number of Topliss-reactive ketones (excluding diaryl/α,β-unsaturated/α-hetero) is 1. The smallest absolute Gasteiger partial charge is 0.253 e. The standard InChI is InChI=1S/C23H24N4O3/c1-14-4-7-22-17(8-14)9-18(13-30-22)21(28)11-15-5-6-16(20-12-24-26-25-20)10-19(15)23(29)27(2)3/h4-8,10,12,18H,9,11,13H2,1-3H3,(H,24,25,26). The minimum absolute atomic E-state index is 0.0733. The Morgan fingerprint density at radius 3 is 2.77 bits per heavy atom. The highest BCUT2D eigenvalue weighted by Gasteiger charge is 2.27. The van der Waals surface area contributed by atoms with Crippen LogP contribution in [0.15, 0.2) is 42.6 Å². The number of aromatic nitrogens is 3. The molecule has 0 spiro atoms. The number of rotatable bonds is 5. The minimum Gasteiger partial charge on any atom is -0.493 e. The van der Waals surface area contributed by atoms with Crippen LogP contribution in [-0.4, -0.2) is 52.7 Å². The van der Waals surface area contributed by atoms with Crippen molar-refractivity contribution < 1.29 is 14.3 Å². The molecule has 3 aromatic rings. The molecule has 30 heavy (non-hydrogen) atoms. The molecule has 1 aliphatic rings. The Hall–Kier alpha value is -3.48. The first kappa shape index (κ1) is 19.8. The third-order valence-electron chi connectivity index (χ3n) is 5.40. The number of benzene rings is 2. The number of ether oxygens (including phenoxy) is 1.